The highest BCUT2D eigenvalue weighted by Gasteiger charge is 2.25. The number of carbonyl (C=O) groups excluding carboxylic acids is 1. The van der Waals surface area contributed by atoms with Gasteiger partial charge in [0.2, 0.25) is 0 Å². The molecule has 1 aromatic rings. The average Bonchev–Trinajstić information content (AvgIpc) is 2.94. The predicted molar refractivity (Wildman–Crippen MR) is 93.9 cm³/mol. The first-order valence-corrected chi connectivity index (χ1v) is 8.83. The van der Waals surface area contributed by atoms with Crippen LogP contribution in [0.1, 0.15) is 25.6 Å². The Hall–Kier alpha value is -1.80. The first-order chi connectivity index (χ1) is 11.2. The van der Waals surface area contributed by atoms with Gasteiger partial charge in [0.05, 0.1) is 5.00 Å². The van der Waals surface area contributed by atoms with Gasteiger partial charge in [0.1, 0.15) is 11.6 Å². The van der Waals surface area contributed by atoms with Crippen molar-refractivity contribution in [2.24, 2.45) is 0 Å². The van der Waals surface area contributed by atoms with Gasteiger partial charge in [-0.2, -0.15) is 0 Å². The van der Waals surface area contributed by atoms with Crippen LogP contribution in [0.25, 0.3) is 0 Å². The molecule has 1 aromatic heterocycles. The number of aliphatic carboxylic acids is 1. The average molecular weight is 355 g/mol. The summed E-state index contributed by atoms with van der Waals surface area (Å²) in [6.07, 6.45) is -0.473. The van der Waals surface area contributed by atoms with Crippen LogP contribution in [-0.2, 0) is 16.0 Å². The largest absolute Gasteiger partial charge is 0.480 e. The van der Waals surface area contributed by atoms with Crippen LogP contribution in [0.2, 0.25) is 0 Å². The minimum Gasteiger partial charge on any atom is -0.480 e. The highest BCUT2D eigenvalue weighted by Crippen LogP contribution is 2.27. The Morgan fingerprint density at radius 3 is 2.62 bits per heavy atom. The summed E-state index contributed by atoms with van der Waals surface area (Å²) in [5.74, 6) is -1.07. The second-order valence-electron chi connectivity index (χ2n) is 6.72. The lowest BCUT2D eigenvalue weighted by molar-refractivity contribution is -0.139. The van der Waals surface area contributed by atoms with E-state index in [1.165, 1.54) is 0 Å². The molecule has 1 fully saturated rings. The number of piperazine rings is 1. The maximum absolute atomic E-state index is 11.8. The number of thiophene rings is 1. The summed E-state index contributed by atoms with van der Waals surface area (Å²) in [5, 5.41) is 16.2. The summed E-state index contributed by atoms with van der Waals surface area (Å²) in [5.41, 5.74) is -0.661. The molecule has 0 aliphatic carbocycles. The van der Waals surface area contributed by atoms with E-state index in [-0.39, 0.29) is 6.42 Å². The summed E-state index contributed by atoms with van der Waals surface area (Å²) in [7, 11) is 0. The van der Waals surface area contributed by atoms with E-state index in [0.717, 1.165) is 36.1 Å². The summed E-state index contributed by atoms with van der Waals surface area (Å²) in [6, 6.07) is 2.93. The van der Waals surface area contributed by atoms with Crippen LogP contribution in [0.3, 0.4) is 0 Å². The standard InChI is InChI=1S/C16H25N3O4S/c1-16(2,3)23-15(22)18-12(14(20)21)10-11-4-5-13(24-11)19-8-6-17-7-9-19/h4-5,12,17H,6-10H2,1-3H3,(H,18,22)(H,20,21). The van der Waals surface area contributed by atoms with Crippen LogP contribution in [0.5, 0.6) is 0 Å². The van der Waals surface area contributed by atoms with E-state index >= 15 is 0 Å². The van der Waals surface area contributed by atoms with Crippen molar-refractivity contribution in [2.45, 2.75) is 38.8 Å². The highest BCUT2D eigenvalue weighted by atomic mass is 32.1. The second-order valence-corrected chi connectivity index (χ2v) is 7.86. The minimum atomic E-state index is -1.07. The van der Waals surface area contributed by atoms with Gasteiger partial charge in [-0.15, -0.1) is 11.3 Å². The van der Waals surface area contributed by atoms with Gasteiger partial charge in [0.25, 0.3) is 0 Å². The van der Waals surface area contributed by atoms with Crippen LogP contribution in [0.15, 0.2) is 12.1 Å². The van der Waals surface area contributed by atoms with Crippen molar-refractivity contribution in [2.75, 3.05) is 31.1 Å². The maximum atomic E-state index is 11.8. The number of alkyl carbamates (subject to hydrolysis) is 1. The van der Waals surface area contributed by atoms with Gasteiger partial charge in [-0.3, -0.25) is 0 Å². The molecule has 1 saturated heterocycles. The highest BCUT2D eigenvalue weighted by molar-refractivity contribution is 7.16. The number of anilines is 1. The molecule has 0 bridgehead atoms. The molecule has 0 spiro atoms. The lowest BCUT2D eigenvalue weighted by atomic mass is 10.2. The molecular weight excluding hydrogens is 330 g/mol. The zero-order valence-electron chi connectivity index (χ0n) is 14.3. The zero-order chi connectivity index (χ0) is 17.7. The molecule has 0 radical (unpaired) electrons. The van der Waals surface area contributed by atoms with Gasteiger partial charge in [0, 0.05) is 37.5 Å². The summed E-state index contributed by atoms with van der Waals surface area (Å²) in [6.45, 7) is 9.00. The molecule has 2 rings (SSSR count). The minimum absolute atomic E-state index is 0.241. The third-order valence-electron chi connectivity index (χ3n) is 3.47. The molecule has 1 atom stereocenters. The SMILES string of the molecule is CC(C)(C)OC(=O)NC(Cc1ccc(N2CCNCC2)s1)C(=O)O. The Kier molecular flexibility index (Phi) is 6.06. The fourth-order valence-corrected chi connectivity index (χ4v) is 3.49. The number of ether oxygens (including phenoxy) is 1. The van der Waals surface area contributed by atoms with E-state index in [4.69, 9.17) is 4.74 Å². The van der Waals surface area contributed by atoms with Gasteiger partial charge >= 0.3 is 12.1 Å². The molecule has 0 aromatic carbocycles. The van der Waals surface area contributed by atoms with Crippen molar-refractivity contribution in [3.63, 3.8) is 0 Å². The first-order valence-electron chi connectivity index (χ1n) is 8.01. The Morgan fingerprint density at radius 1 is 1.38 bits per heavy atom. The molecule has 1 unspecified atom stereocenters. The van der Waals surface area contributed by atoms with Crippen molar-refractivity contribution in [3.05, 3.63) is 17.0 Å². The van der Waals surface area contributed by atoms with Crippen molar-refractivity contribution < 1.29 is 19.4 Å². The predicted octanol–water partition coefficient (Wildman–Crippen LogP) is 1.68. The molecule has 1 aliphatic heterocycles. The number of hydrogen-bond donors (Lipinski definition) is 3. The molecular formula is C16H25N3O4S. The van der Waals surface area contributed by atoms with Crippen LogP contribution >= 0.6 is 11.3 Å². The van der Waals surface area contributed by atoms with E-state index in [0.29, 0.717) is 0 Å². The molecule has 0 saturated carbocycles. The summed E-state index contributed by atoms with van der Waals surface area (Å²) >= 11 is 1.57. The molecule has 8 heteroatoms. The topological polar surface area (TPSA) is 90.9 Å². The van der Waals surface area contributed by atoms with Gasteiger partial charge in [-0.05, 0) is 32.9 Å². The lowest BCUT2D eigenvalue weighted by Gasteiger charge is -2.27. The molecule has 134 valence electrons. The number of amides is 1. The van der Waals surface area contributed by atoms with Gasteiger partial charge in [-0.1, -0.05) is 0 Å². The third-order valence-corrected chi connectivity index (χ3v) is 4.64. The molecule has 7 nitrogen and oxygen atoms in total. The van der Waals surface area contributed by atoms with Crippen molar-refractivity contribution in [1.82, 2.24) is 10.6 Å². The fraction of sp³-hybridized carbons (Fsp3) is 0.625. The van der Waals surface area contributed by atoms with E-state index in [1.54, 1.807) is 32.1 Å². The Balaban J connectivity index is 1.96. The lowest BCUT2D eigenvalue weighted by Crippen LogP contribution is -2.44. The van der Waals surface area contributed by atoms with Gasteiger partial charge in [0.15, 0.2) is 0 Å². The Morgan fingerprint density at radius 2 is 2.04 bits per heavy atom. The number of carbonyl (C=O) groups is 2. The van der Waals surface area contributed by atoms with Crippen LogP contribution in [0.4, 0.5) is 9.80 Å². The van der Waals surface area contributed by atoms with Crippen molar-refractivity contribution in [1.29, 1.82) is 0 Å². The zero-order valence-corrected chi connectivity index (χ0v) is 15.1. The van der Waals surface area contributed by atoms with E-state index in [1.807, 2.05) is 12.1 Å². The molecule has 3 N–H and O–H groups in total. The van der Waals surface area contributed by atoms with Crippen LogP contribution in [-0.4, -0.2) is 55.0 Å². The number of carboxylic acid groups (broad SMARTS) is 1. The fourth-order valence-electron chi connectivity index (χ4n) is 2.38. The van der Waals surface area contributed by atoms with E-state index in [2.05, 4.69) is 15.5 Å². The molecule has 1 amide bonds. The van der Waals surface area contributed by atoms with Gasteiger partial charge in [-0.25, -0.2) is 9.59 Å². The quantitative estimate of drug-likeness (QED) is 0.744. The Bertz CT molecular complexity index is 576. The van der Waals surface area contributed by atoms with Crippen LogP contribution in [0, 0.1) is 0 Å². The van der Waals surface area contributed by atoms with Crippen molar-refractivity contribution in [3.8, 4) is 0 Å². The van der Waals surface area contributed by atoms with Crippen molar-refractivity contribution >= 4 is 28.4 Å². The number of hydrogen-bond acceptors (Lipinski definition) is 6. The van der Waals surface area contributed by atoms with Gasteiger partial charge < -0.3 is 25.4 Å². The number of rotatable bonds is 5. The monoisotopic (exact) mass is 355 g/mol. The second kappa shape index (κ2) is 7.85. The van der Waals surface area contributed by atoms with E-state index in [9.17, 15) is 14.7 Å². The normalized spacial score (nSPS) is 16.5. The third kappa shape index (κ3) is 5.68. The summed E-state index contributed by atoms with van der Waals surface area (Å²) in [4.78, 5) is 26.4. The molecule has 2 heterocycles. The van der Waals surface area contributed by atoms with E-state index < -0.39 is 23.7 Å². The number of nitrogens with zero attached hydrogens (tertiary/aromatic N) is 1. The number of nitrogens with one attached hydrogen (secondary N) is 2. The summed E-state index contributed by atoms with van der Waals surface area (Å²) < 4.78 is 5.13. The first kappa shape index (κ1) is 18.5. The molecule has 1 aliphatic rings. The number of carboxylic acids is 1. The smallest absolute Gasteiger partial charge is 0.408 e. The Labute approximate surface area is 146 Å². The molecule has 24 heavy (non-hydrogen) atoms. The maximum Gasteiger partial charge on any atom is 0.408 e. The van der Waals surface area contributed by atoms with Crippen LogP contribution < -0.4 is 15.5 Å².